The van der Waals surface area contributed by atoms with E-state index in [1.54, 1.807) is 0 Å². The van der Waals surface area contributed by atoms with Gasteiger partial charge >= 0.3 is 0 Å². The first-order valence-electron chi connectivity index (χ1n) is 9.72. The second-order valence-electron chi connectivity index (χ2n) is 7.55. The summed E-state index contributed by atoms with van der Waals surface area (Å²) >= 11 is 0. The van der Waals surface area contributed by atoms with Crippen LogP contribution in [0.5, 0.6) is 0 Å². The van der Waals surface area contributed by atoms with Gasteiger partial charge in [-0.1, -0.05) is 36.4 Å². The van der Waals surface area contributed by atoms with E-state index in [2.05, 4.69) is 25.6 Å². The molecule has 29 heavy (non-hydrogen) atoms. The predicted octanol–water partition coefficient (Wildman–Crippen LogP) is 3.14. The fraction of sp³-hybridized carbons (Fsp3) is 0.333. The third-order valence-electron chi connectivity index (χ3n) is 5.05. The lowest BCUT2D eigenvalue weighted by atomic mass is 10.0. The van der Waals surface area contributed by atoms with Crippen LogP contribution in [0.4, 0.5) is 11.5 Å². The molecule has 4 rings (SSSR count). The zero-order valence-electron chi connectivity index (χ0n) is 16.6. The van der Waals surface area contributed by atoms with Crippen LogP contribution < -0.4 is 15.4 Å². The summed E-state index contributed by atoms with van der Waals surface area (Å²) < 4.78 is 26.4. The summed E-state index contributed by atoms with van der Waals surface area (Å²) in [5.41, 5.74) is 2.82. The molecule has 1 aliphatic heterocycles. The van der Waals surface area contributed by atoms with Crippen molar-refractivity contribution >= 4 is 32.3 Å². The zero-order chi connectivity index (χ0) is 20.4. The number of nitrogens with zero attached hydrogens (tertiary/aromatic N) is 2. The molecule has 1 aromatic heterocycles. The molecular formula is C21H25N5O2S. The number of hydrogen-bond acceptors (Lipinski definition) is 6. The van der Waals surface area contributed by atoms with Crippen molar-refractivity contribution in [3.63, 3.8) is 0 Å². The molecule has 8 heteroatoms. The van der Waals surface area contributed by atoms with Gasteiger partial charge in [0.1, 0.15) is 5.69 Å². The molecule has 0 saturated carbocycles. The van der Waals surface area contributed by atoms with Crippen LogP contribution in [0.25, 0.3) is 22.0 Å². The number of rotatable bonds is 5. The number of aromatic nitrogens is 2. The number of aryl methyl sites for hydroxylation is 1. The fourth-order valence-corrected chi connectivity index (χ4v) is 4.29. The molecule has 0 spiro atoms. The highest BCUT2D eigenvalue weighted by Crippen LogP contribution is 2.35. The van der Waals surface area contributed by atoms with Crippen molar-refractivity contribution in [2.24, 2.45) is 0 Å². The average Bonchev–Trinajstić information content (AvgIpc) is 2.68. The van der Waals surface area contributed by atoms with Crippen molar-refractivity contribution in [3.8, 4) is 11.3 Å². The van der Waals surface area contributed by atoms with Gasteiger partial charge in [-0.05, 0) is 37.9 Å². The van der Waals surface area contributed by atoms with Gasteiger partial charge in [-0.15, -0.1) is 10.2 Å². The van der Waals surface area contributed by atoms with Crippen LogP contribution in [-0.4, -0.2) is 44.0 Å². The Labute approximate surface area is 171 Å². The standard InChI is InChI=1S/C21H25N5O2S/c1-14-9-10-18(19(12-14)26-29(2,27)28)20-16-7-3-4-8-17(16)21(25-24-20)23-15-6-5-11-22-13-15/h3-4,7-10,12,15,22,26H,5-6,11,13H2,1-2H3,(H,23,25)/t15-/m1/s1. The average molecular weight is 412 g/mol. The second-order valence-corrected chi connectivity index (χ2v) is 9.30. The predicted molar refractivity (Wildman–Crippen MR) is 118 cm³/mol. The van der Waals surface area contributed by atoms with Crippen molar-refractivity contribution in [2.75, 3.05) is 29.4 Å². The van der Waals surface area contributed by atoms with Gasteiger partial charge in [-0.25, -0.2) is 8.42 Å². The monoisotopic (exact) mass is 411 g/mol. The lowest BCUT2D eigenvalue weighted by Crippen LogP contribution is -2.38. The van der Waals surface area contributed by atoms with E-state index in [0.29, 0.717) is 23.0 Å². The highest BCUT2D eigenvalue weighted by molar-refractivity contribution is 7.92. The normalized spacial score (nSPS) is 17.2. The Kier molecular flexibility index (Phi) is 5.38. The van der Waals surface area contributed by atoms with Gasteiger partial charge in [0.2, 0.25) is 10.0 Å². The Morgan fingerprint density at radius 1 is 1.10 bits per heavy atom. The molecule has 2 heterocycles. The van der Waals surface area contributed by atoms with Gasteiger partial charge < -0.3 is 10.6 Å². The summed E-state index contributed by atoms with van der Waals surface area (Å²) in [6.45, 7) is 3.87. The van der Waals surface area contributed by atoms with Crippen LogP contribution >= 0.6 is 0 Å². The number of sulfonamides is 1. The maximum atomic E-state index is 11.9. The first kappa shape index (κ1) is 19.6. The Morgan fingerprint density at radius 2 is 1.90 bits per heavy atom. The van der Waals surface area contributed by atoms with Crippen LogP contribution in [0.1, 0.15) is 18.4 Å². The third kappa shape index (κ3) is 4.49. The number of nitrogens with one attached hydrogen (secondary N) is 3. The van der Waals surface area contributed by atoms with Crippen LogP contribution in [0.15, 0.2) is 42.5 Å². The summed E-state index contributed by atoms with van der Waals surface area (Å²) in [6.07, 6.45) is 3.37. The van der Waals surface area contributed by atoms with Gasteiger partial charge in [0.05, 0.1) is 11.9 Å². The minimum atomic E-state index is -3.42. The fourth-order valence-electron chi connectivity index (χ4n) is 3.73. The quantitative estimate of drug-likeness (QED) is 0.597. The minimum Gasteiger partial charge on any atom is -0.364 e. The van der Waals surface area contributed by atoms with Gasteiger partial charge in [-0.2, -0.15) is 0 Å². The molecular weight excluding hydrogens is 386 g/mol. The number of benzene rings is 2. The smallest absolute Gasteiger partial charge is 0.229 e. The van der Waals surface area contributed by atoms with Crippen LogP contribution in [0, 0.1) is 6.92 Å². The summed E-state index contributed by atoms with van der Waals surface area (Å²) in [5.74, 6) is 0.753. The Bertz CT molecular complexity index is 1140. The first-order valence-corrected chi connectivity index (χ1v) is 11.6. The van der Waals surface area contributed by atoms with Crippen molar-refractivity contribution in [3.05, 3.63) is 48.0 Å². The zero-order valence-corrected chi connectivity index (χ0v) is 17.4. The molecule has 7 nitrogen and oxygen atoms in total. The van der Waals surface area contributed by atoms with E-state index in [4.69, 9.17) is 0 Å². The number of fused-ring (bicyclic) bond motifs is 1. The van der Waals surface area contributed by atoms with Crippen LogP contribution in [-0.2, 0) is 10.0 Å². The molecule has 0 unspecified atom stereocenters. The van der Waals surface area contributed by atoms with E-state index in [-0.39, 0.29) is 0 Å². The lowest BCUT2D eigenvalue weighted by molar-refractivity contribution is 0.479. The minimum absolute atomic E-state index is 0.314. The van der Waals surface area contributed by atoms with E-state index in [1.165, 1.54) is 0 Å². The molecule has 3 N–H and O–H groups in total. The molecule has 152 valence electrons. The maximum absolute atomic E-state index is 11.9. The van der Waals surface area contributed by atoms with Crippen LogP contribution in [0.2, 0.25) is 0 Å². The molecule has 0 amide bonds. The van der Waals surface area contributed by atoms with Gasteiger partial charge in [0.25, 0.3) is 0 Å². The molecule has 1 fully saturated rings. The van der Waals surface area contributed by atoms with Crippen molar-refractivity contribution in [2.45, 2.75) is 25.8 Å². The van der Waals surface area contributed by atoms with E-state index in [1.807, 2.05) is 49.4 Å². The van der Waals surface area contributed by atoms with Crippen LogP contribution in [0.3, 0.4) is 0 Å². The summed E-state index contributed by atoms with van der Waals surface area (Å²) in [4.78, 5) is 0. The Morgan fingerprint density at radius 3 is 2.62 bits per heavy atom. The van der Waals surface area contributed by atoms with Crippen molar-refractivity contribution in [1.82, 2.24) is 15.5 Å². The maximum Gasteiger partial charge on any atom is 0.229 e. The summed E-state index contributed by atoms with van der Waals surface area (Å²) in [5, 5.41) is 17.8. The molecule has 0 bridgehead atoms. The first-order chi connectivity index (χ1) is 13.9. The highest BCUT2D eigenvalue weighted by Gasteiger charge is 2.18. The molecule has 1 saturated heterocycles. The van der Waals surface area contributed by atoms with Crippen molar-refractivity contribution < 1.29 is 8.42 Å². The SMILES string of the molecule is Cc1ccc(-c2nnc(N[C@@H]3CCCNC3)c3ccccc23)c(NS(C)(=O)=O)c1. The number of hydrogen-bond donors (Lipinski definition) is 3. The van der Waals surface area contributed by atoms with E-state index in [0.717, 1.165) is 54.3 Å². The molecule has 1 atom stereocenters. The van der Waals surface area contributed by atoms with E-state index >= 15 is 0 Å². The van der Waals surface area contributed by atoms with E-state index < -0.39 is 10.0 Å². The molecule has 2 aromatic carbocycles. The molecule has 1 aliphatic rings. The van der Waals surface area contributed by atoms with Crippen molar-refractivity contribution in [1.29, 1.82) is 0 Å². The van der Waals surface area contributed by atoms with Gasteiger partial charge in [0.15, 0.2) is 5.82 Å². The molecule has 0 aliphatic carbocycles. The second kappa shape index (κ2) is 7.96. The summed E-state index contributed by atoms with van der Waals surface area (Å²) in [6, 6.07) is 13.9. The largest absolute Gasteiger partial charge is 0.364 e. The van der Waals surface area contributed by atoms with Gasteiger partial charge in [0, 0.05) is 28.9 Å². The third-order valence-corrected chi connectivity index (χ3v) is 5.64. The summed E-state index contributed by atoms with van der Waals surface area (Å²) in [7, 11) is -3.42. The highest BCUT2D eigenvalue weighted by atomic mass is 32.2. The topological polar surface area (TPSA) is 96.0 Å². The lowest BCUT2D eigenvalue weighted by Gasteiger charge is -2.25. The number of anilines is 2. The number of piperidine rings is 1. The Balaban J connectivity index is 1.81. The van der Waals surface area contributed by atoms with Gasteiger partial charge in [-0.3, -0.25) is 4.72 Å². The Hall–Kier alpha value is -2.71. The molecule has 0 radical (unpaired) electrons. The molecule has 3 aromatic rings. The van der Waals surface area contributed by atoms with E-state index in [9.17, 15) is 8.42 Å².